The van der Waals surface area contributed by atoms with E-state index in [9.17, 15) is 4.79 Å². The van der Waals surface area contributed by atoms with E-state index in [1.807, 2.05) is 0 Å². The second-order valence-corrected chi connectivity index (χ2v) is 9.44. The summed E-state index contributed by atoms with van der Waals surface area (Å²) in [7, 11) is 0. The molecule has 0 rings (SSSR count). The number of unbranched alkanes of at least 4 members (excludes halogenated alkanes) is 12. The van der Waals surface area contributed by atoms with E-state index in [0.29, 0.717) is 0 Å². The van der Waals surface area contributed by atoms with Crippen LogP contribution in [-0.2, 0) is 14.3 Å². The van der Waals surface area contributed by atoms with Gasteiger partial charge in [0.05, 0.1) is 6.10 Å². The van der Waals surface area contributed by atoms with Crippen molar-refractivity contribution in [2.75, 3.05) is 6.61 Å². The van der Waals surface area contributed by atoms with Gasteiger partial charge in [-0.15, -0.1) is 0 Å². The summed E-state index contributed by atoms with van der Waals surface area (Å²) in [5.41, 5.74) is 0. The van der Waals surface area contributed by atoms with Crippen molar-refractivity contribution in [2.45, 2.75) is 168 Å². The van der Waals surface area contributed by atoms with Gasteiger partial charge in [-0.2, -0.15) is 0 Å². The summed E-state index contributed by atoms with van der Waals surface area (Å²) in [6, 6.07) is 0. The van der Waals surface area contributed by atoms with Gasteiger partial charge in [-0.3, -0.25) is 0 Å². The molecule has 3 nitrogen and oxygen atoms in total. The summed E-state index contributed by atoms with van der Waals surface area (Å²) in [6.45, 7) is 9.10. The molecule has 0 bridgehead atoms. The summed E-state index contributed by atoms with van der Waals surface area (Å²) in [6.07, 6.45) is 24.4. The Bertz CT molecular complexity index is 345. The van der Waals surface area contributed by atoms with Gasteiger partial charge in [0.1, 0.15) is 12.7 Å². The normalized spacial score (nSPS) is 11.5. The van der Waals surface area contributed by atoms with Crippen LogP contribution in [0.15, 0.2) is 0 Å². The summed E-state index contributed by atoms with van der Waals surface area (Å²) in [5, 5.41) is 0. The van der Waals surface area contributed by atoms with Gasteiger partial charge in [0, 0.05) is 0 Å². The van der Waals surface area contributed by atoms with Gasteiger partial charge in [0.25, 0.3) is 0 Å². The minimum atomic E-state index is -0.150. The van der Waals surface area contributed by atoms with E-state index >= 15 is 0 Å². The lowest BCUT2D eigenvalue weighted by molar-refractivity contribution is -0.157. The van der Waals surface area contributed by atoms with Crippen LogP contribution in [0.1, 0.15) is 156 Å². The maximum Gasteiger partial charge on any atom is 0.332 e. The van der Waals surface area contributed by atoms with Crippen LogP contribution >= 0.6 is 0 Å². The smallest absolute Gasteiger partial charge is 0.332 e. The van der Waals surface area contributed by atoms with Crippen LogP contribution in [0.3, 0.4) is 0 Å². The fourth-order valence-electron chi connectivity index (χ4n) is 4.17. The second-order valence-electron chi connectivity index (χ2n) is 9.44. The van der Waals surface area contributed by atoms with Crippen molar-refractivity contribution < 1.29 is 14.3 Å². The highest BCUT2D eigenvalue weighted by Crippen LogP contribution is 2.18. The van der Waals surface area contributed by atoms with Crippen molar-refractivity contribution in [3.05, 3.63) is 0 Å². The molecule has 0 aliphatic carbocycles. The Labute approximate surface area is 195 Å². The molecule has 0 radical (unpaired) electrons. The molecule has 186 valence electrons. The maximum atomic E-state index is 12.5. The summed E-state index contributed by atoms with van der Waals surface area (Å²) >= 11 is 0. The molecule has 31 heavy (non-hydrogen) atoms. The number of hydrogen-bond acceptors (Lipinski definition) is 3. The van der Waals surface area contributed by atoms with Crippen molar-refractivity contribution in [1.82, 2.24) is 0 Å². The molecule has 0 aliphatic rings. The molecule has 0 saturated heterocycles. The summed E-state index contributed by atoms with van der Waals surface area (Å²) in [5.74, 6) is -0.150. The number of ether oxygens (including phenoxy) is 2. The van der Waals surface area contributed by atoms with Crippen molar-refractivity contribution in [1.29, 1.82) is 0 Å². The van der Waals surface area contributed by atoms with Crippen LogP contribution in [0.2, 0.25) is 0 Å². The van der Waals surface area contributed by atoms with Gasteiger partial charge in [0.2, 0.25) is 0 Å². The monoisotopic (exact) mass is 440 g/mol. The first-order chi connectivity index (χ1) is 15.2. The lowest BCUT2D eigenvalue weighted by Gasteiger charge is -2.21. The fourth-order valence-corrected chi connectivity index (χ4v) is 4.17. The van der Waals surface area contributed by atoms with Crippen molar-refractivity contribution in [3.8, 4) is 0 Å². The largest absolute Gasteiger partial charge is 0.461 e. The van der Waals surface area contributed by atoms with Gasteiger partial charge in [0.15, 0.2) is 0 Å². The Morgan fingerprint density at radius 1 is 0.516 bits per heavy atom. The first-order valence-electron chi connectivity index (χ1n) is 14.0. The van der Waals surface area contributed by atoms with Gasteiger partial charge in [-0.25, -0.2) is 4.79 Å². The summed E-state index contributed by atoms with van der Waals surface area (Å²) in [4.78, 5) is 12.5. The third kappa shape index (κ3) is 21.1. The first kappa shape index (κ1) is 30.4. The van der Waals surface area contributed by atoms with E-state index in [1.54, 1.807) is 0 Å². The van der Waals surface area contributed by atoms with Crippen molar-refractivity contribution >= 4 is 5.97 Å². The van der Waals surface area contributed by atoms with E-state index < -0.39 is 0 Å². The van der Waals surface area contributed by atoms with Crippen molar-refractivity contribution in [3.63, 3.8) is 0 Å². The molecule has 0 aromatic heterocycles. The molecular formula is C28H56O3. The Morgan fingerprint density at radius 2 is 0.871 bits per heavy atom. The fraction of sp³-hybridized carbons (Fsp3) is 0.964. The van der Waals surface area contributed by atoms with Crippen molar-refractivity contribution in [2.24, 2.45) is 0 Å². The molecule has 0 unspecified atom stereocenters. The van der Waals surface area contributed by atoms with Crippen LogP contribution < -0.4 is 0 Å². The Kier molecular flexibility index (Phi) is 23.6. The minimum absolute atomic E-state index is 0.0809. The molecule has 3 heteroatoms. The highest BCUT2D eigenvalue weighted by molar-refractivity contribution is 5.70. The quantitative estimate of drug-likeness (QED) is 0.111. The molecule has 0 spiro atoms. The second kappa shape index (κ2) is 24.1. The number of carbonyl (C=O) groups is 1. The Hall–Kier alpha value is -0.570. The van der Waals surface area contributed by atoms with Gasteiger partial charge in [-0.1, -0.05) is 118 Å². The molecule has 0 saturated carbocycles. The minimum Gasteiger partial charge on any atom is -0.461 e. The number of rotatable bonds is 24. The molecule has 0 amide bonds. The molecule has 0 heterocycles. The molecule has 0 atom stereocenters. The summed E-state index contributed by atoms with van der Waals surface area (Å²) < 4.78 is 12.0. The zero-order valence-corrected chi connectivity index (χ0v) is 21.7. The molecule has 0 fully saturated rings. The topological polar surface area (TPSA) is 35.5 Å². The first-order valence-corrected chi connectivity index (χ1v) is 14.0. The average molecular weight is 441 g/mol. The molecule has 0 aromatic rings. The third-order valence-corrected chi connectivity index (χ3v) is 6.25. The van der Waals surface area contributed by atoms with E-state index in [1.165, 1.54) is 89.9 Å². The Balaban J connectivity index is 4.41. The van der Waals surface area contributed by atoms with Crippen LogP contribution in [0, 0.1) is 0 Å². The SMILES string of the molecule is CCCCCCC(CCCCCC)OCC(=O)OC(CCCCCC)CCCCCC. The van der Waals surface area contributed by atoms with Crippen LogP contribution in [0.25, 0.3) is 0 Å². The standard InChI is InChI=1S/C28H56O3/c1-5-9-13-17-21-26(22-18-14-10-6-2)30-25-28(29)31-27(23-19-15-11-7-3)24-20-16-12-8-4/h26-27H,5-25H2,1-4H3. The highest BCUT2D eigenvalue weighted by Gasteiger charge is 2.17. The van der Waals surface area contributed by atoms with Crippen LogP contribution in [0.4, 0.5) is 0 Å². The van der Waals surface area contributed by atoms with E-state index in [4.69, 9.17) is 9.47 Å². The van der Waals surface area contributed by atoms with Gasteiger partial charge >= 0.3 is 5.97 Å². The number of hydrogen-bond donors (Lipinski definition) is 0. The number of carbonyl (C=O) groups excluding carboxylic acids is 1. The predicted molar refractivity (Wildman–Crippen MR) is 135 cm³/mol. The predicted octanol–water partition coefficient (Wildman–Crippen LogP) is 9.17. The van der Waals surface area contributed by atoms with Gasteiger partial charge in [-0.05, 0) is 38.5 Å². The molecular weight excluding hydrogens is 384 g/mol. The van der Waals surface area contributed by atoms with E-state index in [-0.39, 0.29) is 24.8 Å². The maximum absolute atomic E-state index is 12.5. The Morgan fingerprint density at radius 3 is 1.23 bits per heavy atom. The molecule has 0 N–H and O–H groups in total. The van der Waals surface area contributed by atoms with Crippen LogP contribution in [-0.4, -0.2) is 24.8 Å². The lowest BCUT2D eigenvalue weighted by Crippen LogP contribution is -2.25. The van der Waals surface area contributed by atoms with E-state index in [0.717, 1.165) is 38.5 Å². The highest BCUT2D eigenvalue weighted by atomic mass is 16.6. The molecule has 0 aromatic carbocycles. The van der Waals surface area contributed by atoms with E-state index in [2.05, 4.69) is 27.7 Å². The average Bonchev–Trinajstić information content (AvgIpc) is 2.77. The molecule has 0 aliphatic heterocycles. The zero-order valence-electron chi connectivity index (χ0n) is 21.7. The lowest BCUT2D eigenvalue weighted by atomic mass is 10.0. The number of esters is 1. The van der Waals surface area contributed by atoms with Crippen LogP contribution in [0.5, 0.6) is 0 Å². The third-order valence-electron chi connectivity index (χ3n) is 6.25. The zero-order chi connectivity index (χ0) is 23.0. The van der Waals surface area contributed by atoms with Gasteiger partial charge < -0.3 is 9.47 Å².